The Morgan fingerprint density at radius 2 is 1.90 bits per heavy atom. The van der Waals surface area contributed by atoms with Crippen molar-refractivity contribution in [2.75, 3.05) is 33.4 Å². The van der Waals surface area contributed by atoms with Crippen LogP contribution in [-0.2, 0) is 0 Å². The normalized spacial score (nSPS) is 18.4. The molecule has 4 rings (SSSR count). The van der Waals surface area contributed by atoms with Crippen LogP contribution in [-0.4, -0.2) is 50.0 Å². The maximum absolute atomic E-state index is 13.2. The molecule has 0 radical (unpaired) electrons. The number of hydrogen-bond donors (Lipinski definition) is 0. The van der Waals surface area contributed by atoms with Crippen molar-refractivity contribution < 1.29 is 23.8 Å². The summed E-state index contributed by atoms with van der Waals surface area (Å²) in [6, 6.07) is 3.77. The third kappa shape index (κ3) is 3.71. The summed E-state index contributed by atoms with van der Waals surface area (Å²) in [7, 11) is 1.64. The van der Waals surface area contributed by atoms with Crippen molar-refractivity contribution in [1.29, 1.82) is 0 Å². The van der Waals surface area contributed by atoms with Gasteiger partial charge < -0.3 is 19.1 Å². The summed E-state index contributed by atoms with van der Waals surface area (Å²) in [5.41, 5.74) is 2.58. The van der Waals surface area contributed by atoms with Gasteiger partial charge in [0.1, 0.15) is 23.8 Å². The molecule has 2 aliphatic heterocycles. The van der Waals surface area contributed by atoms with Crippen LogP contribution >= 0.6 is 11.3 Å². The number of amides is 1. The summed E-state index contributed by atoms with van der Waals surface area (Å²) in [6.07, 6.45) is 1.59. The van der Waals surface area contributed by atoms with Gasteiger partial charge in [0.05, 0.1) is 7.11 Å². The molecule has 3 heterocycles. The predicted molar refractivity (Wildman–Crippen MR) is 111 cm³/mol. The van der Waals surface area contributed by atoms with Gasteiger partial charge in [-0.2, -0.15) is 0 Å². The number of benzene rings is 1. The van der Waals surface area contributed by atoms with E-state index in [2.05, 4.69) is 0 Å². The van der Waals surface area contributed by atoms with E-state index in [0.717, 1.165) is 29.7 Å². The zero-order chi connectivity index (χ0) is 20.5. The number of rotatable bonds is 4. The molecule has 2 aliphatic rings. The monoisotopic (exact) mass is 415 g/mol. The average Bonchev–Trinajstić information content (AvgIpc) is 3.16. The highest BCUT2D eigenvalue weighted by Gasteiger charge is 2.33. The van der Waals surface area contributed by atoms with Gasteiger partial charge in [0.2, 0.25) is 0 Å². The number of fused-ring (bicyclic) bond motifs is 1. The number of methoxy groups -OCH3 is 1. The Balaban J connectivity index is 1.52. The van der Waals surface area contributed by atoms with Crippen LogP contribution in [0.2, 0.25) is 0 Å². The van der Waals surface area contributed by atoms with Gasteiger partial charge in [0.25, 0.3) is 5.91 Å². The Morgan fingerprint density at radius 1 is 1.17 bits per heavy atom. The van der Waals surface area contributed by atoms with Gasteiger partial charge >= 0.3 is 0 Å². The summed E-state index contributed by atoms with van der Waals surface area (Å²) in [5, 5.41) is 1.82. The largest absolute Gasteiger partial charge is 0.496 e. The fraction of sp³-hybridized carbons (Fsp3) is 0.455. The minimum absolute atomic E-state index is 0.0821. The molecule has 0 N–H and O–H groups in total. The smallest absolute Gasteiger partial charge is 0.267 e. The maximum Gasteiger partial charge on any atom is 0.267 e. The van der Waals surface area contributed by atoms with Gasteiger partial charge in [-0.15, -0.1) is 11.3 Å². The van der Waals surface area contributed by atoms with Gasteiger partial charge in [-0.3, -0.25) is 9.59 Å². The summed E-state index contributed by atoms with van der Waals surface area (Å²) in [6.45, 7) is 5.91. The Kier molecular flexibility index (Phi) is 5.50. The molecule has 1 aromatic carbocycles. The van der Waals surface area contributed by atoms with Crippen LogP contribution in [0.25, 0.3) is 0 Å². The highest BCUT2D eigenvalue weighted by molar-refractivity contribution is 7.12. The number of piperidine rings is 1. The number of nitrogens with zero attached hydrogens (tertiary/aromatic N) is 1. The number of hydrogen-bond acceptors (Lipinski definition) is 6. The number of aryl methyl sites for hydroxylation is 2. The number of likely N-dealkylation sites (tertiary alicyclic amines) is 1. The molecule has 0 spiro atoms. The van der Waals surface area contributed by atoms with E-state index >= 15 is 0 Å². The number of carbonyl (C=O) groups is 2. The van der Waals surface area contributed by atoms with Crippen molar-refractivity contribution in [3.05, 3.63) is 39.1 Å². The number of carbonyl (C=O) groups excluding carboxylic acids is 2. The molecule has 154 valence electrons. The summed E-state index contributed by atoms with van der Waals surface area (Å²) in [4.78, 5) is 28.6. The molecule has 1 fully saturated rings. The molecule has 29 heavy (non-hydrogen) atoms. The van der Waals surface area contributed by atoms with E-state index in [1.807, 2.05) is 31.4 Å². The Morgan fingerprint density at radius 3 is 2.62 bits per heavy atom. The van der Waals surface area contributed by atoms with E-state index < -0.39 is 0 Å². The molecule has 0 saturated carbocycles. The molecular weight excluding hydrogens is 390 g/mol. The SMILES string of the molecule is COc1c(C)cc(C(=O)C2CCCN(C(=O)c3scc4c3OCCO4)C2)cc1C. The first-order chi connectivity index (χ1) is 14.0. The highest BCUT2D eigenvalue weighted by atomic mass is 32.1. The second-order valence-electron chi connectivity index (χ2n) is 7.55. The molecule has 1 unspecified atom stereocenters. The molecule has 1 amide bonds. The van der Waals surface area contributed by atoms with Crippen molar-refractivity contribution in [1.82, 2.24) is 4.90 Å². The summed E-state index contributed by atoms with van der Waals surface area (Å²) < 4.78 is 16.6. The molecule has 0 bridgehead atoms. The standard InChI is InChI=1S/C22H25NO5S/c1-13-9-16(10-14(2)19(13)26-3)18(24)15-5-4-6-23(11-15)22(25)21-20-17(12-29-21)27-7-8-28-20/h9-10,12,15H,4-8,11H2,1-3H3. The molecule has 1 saturated heterocycles. The predicted octanol–water partition coefficient (Wildman–Crippen LogP) is 3.88. The van der Waals surface area contributed by atoms with Crippen LogP contribution in [0.3, 0.4) is 0 Å². The van der Waals surface area contributed by atoms with Crippen LogP contribution in [0.4, 0.5) is 0 Å². The van der Waals surface area contributed by atoms with Crippen molar-refractivity contribution in [2.24, 2.45) is 5.92 Å². The highest BCUT2D eigenvalue weighted by Crippen LogP contribution is 2.40. The first-order valence-corrected chi connectivity index (χ1v) is 10.7. The van der Waals surface area contributed by atoms with Gasteiger partial charge in [-0.05, 0) is 49.9 Å². The van der Waals surface area contributed by atoms with E-state index in [-0.39, 0.29) is 17.6 Å². The minimum Gasteiger partial charge on any atom is -0.496 e. The van der Waals surface area contributed by atoms with Crippen LogP contribution in [0.1, 0.15) is 44.0 Å². The second-order valence-corrected chi connectivity index (χ2v) is 8.43. The van der Waals surface area contributed by atoms with Crippen molar-refractivity contribution in [3.63, 3.8) is 0 Å². The Labute approximate surface area is 174 Å². The van der Waals surface area contributed by atoms with Crippen molar-refractivity contribution in [3.8, 4) is 17.2 Å². The molecule has 1 atom stereocenters. The fourth-order valence-electron chi connectivity index (χ4n) is 4.18. The van der Waals surface area contributed by atoms with Crippen LogP contribution in [0, 0.1) is 19.8 Å². The van der Waals surface area contributed by atoms with Gasteiger partial charge in [-0.1, -0.05) is 0 Å². The molecule has 2 aromatic rings. The Hall–Kier alpha value is -2.54. The zero-order valence-electron chi connectivity index (χ0n) is 16.9. The number of thiophene rings is 1. The fourth-order valence-corrected chi connectivity index (χ4v) is 5.08. The van der Waals surface area contributed by atoms with Gasteiger partial charge in [0, 0.05) is 30.0 Å². The van der Waals surface area contributed by atoms with Crippen LogP contribution in [0.15, 0.2) is 17.5 Å². The molecule has 7 heteroatoms. The van der Waals surface area contributed by atoms with Gasteiger partial charge in [-0.25, -0.2) is 0 Å². The third-order valence-corrected chi connectivity index (χ3v) is 6.45. The Bertz CT molecular complexity index is 928. The first kappa shape index (κ1) is 19.8. The molecule has 6 nitrogen and oxygen atoms in total. The van der Waals surface area contributed by atoms with E-state index in [4.69, 9.17) is 14.2 Å². The van der Waals surface area contributed by atoms with E-state index in [1.165, 1.54) is 11.3 Å². The lowest BCUT2D eigenvalue weighted by molar-refractivity contribution is 0.0634. The van der Waals surface area contributed by atoms with E-state index in [0.29, 0.717) is 48.2 Å². The van der Waals surface area contributed by atoms with Crippen LogP contribution < -0.4 is 14.2 Å². The topological polar surface area (TPSA) is 65.1 Å². The van der Waals surface area contributed by atoms with E-state index in [1.54, 1.807) is 12.0 Å². The lowest BCUT2D eigenvalue weighted by Gasteiger charge is -2.32. The van der Waals surface area contributed by atoms with Crippen molar-refractivity contribution in [2.45, 2.75) is 26.7 Å². The lowest BCUT2D eigenvalue weighted by Crippen LogP contribution is -2.42. The number of ketones is 1. The van der Waals surface area contributed by atoms with E-state index in [9.17, 15) is 9.59 Å². The molecule has 1 aromatic heterocycles. The zero-order valence-corrected chi connectivity index (χ0v) is 17.8. The molecule has 0 aliphatic carbocycles. The number of Topliss-reactive ketones (excluding diaryl/α,β-unsaturated/α-hetero) is 1. The first-order valence-electron chi connectivity index (χ1n) is 9.85. The average molecular weight is 416 g/mol. The summed E-state index contributed by atoms with van der Waals surface area (Å²) in [5.74, 6) is 1.80. The van der Waals surface area contributed by atoms with Gasteiger partial charge in [0.15, 0.2) is 17.3 Å². The van der Waals surface area contributed by atoms with Crippen LogP contribution in [0.5, 0.6) is 17.2 Å². The number of ether oxygens (including phenoxy) is 3. The quantitative estimate of drug-likeness (QED) is 0.709. The molecular formula is C22H25NO5S. The maximum atomic E-state index is 13.2. The minimum atomic E-state index is -0.201. The third-order valence-electron chi connectivity index (χ3n) is 5.52. The second kappa shape index (κ2) is 8.06. The summed E-state index contributed by atoms with van der Waals surface area (Å²) >= 11 is 1.34. The van der Waals surface area contributed by atoms with Crippen molar-refractivity contribution >= 4 is 23.0 Å². The lowest BCUT2D eigenvalue weighted by atomic mass is 9.88.